The molecule has 1 aromatic carbocycles. The van der Waals surface area contributed by atoms with Crippen LogP contribution in [0.2, 0.25) is 0 Å². The van der Waals surface area contributed by atoms with Crippen molar-refractivity contribution in [2.45, 2.75) is 13.5 Å². The van der Waals surface area contributed by atoms with E-state index in [0.717, 1.165) is 0 Å². The summed E-state index contributed by atoms with van der Waals surface area (Å²) in [5, 5.41) is 8.90. The molecule has 0 spiro atoms. The maximum atomic E-state index is 13.0. The molecule has 2 nitrogen and oxygen atoms in total. The van der Waals surface area contributed by atoms with E-state index in [4.69, 9.17) is 9.84 Å². The van der Waals surface area contributed by atoms with Crippen molar-refractivity contribution in [1.82, 2.24) is 0 Å². The molecule has 0 fully saturated rings. The predicted octanol–water partition coefficient (Wildman–Crippen LogP) is 2.48. The highest BCUT2D eigenvalue weighted by molar-refractivity contribution is 9.10. The van der Waals surface area contributed by atoms with Crippen molar-refractivity contribution in [2.24, 2.45) is 0 Å². The van der Waals surface area contributed by atoms with Crippen LogP contribution in [-0.4, -0.2) is 11.7 Å². The monoisotopic (exact) mass is 248 g/mol. The first-order valence-electron chi connectivity index (χ1n) is 3.90. The zero-order chi connectivity index (χ0) is 9.84. The Bertz CT molecular complexity index is 302. The number of benzene rings is 1. The summed E-state index contributed by atoms with van der Waals surface area (Å²) in [5.41, 5.74) is 0.461. The van der Waals surface area contributed by atoms with Crippen LogP contribution in [0.3, 0.4) is 0 Å². The molecule has 0 radical (unpaired) electrons. The van der Waals surface area contributed by atoms with E-state index in [9.17, 15) is 4.39 Å². The van der Waals surface area contributed by atoms with E-state index >= 15 is 0 Å². The number of rotatable bonds is 3. The molecule has 0 saturated heterocycles. The third kappa shape index (κ3) is 2.42. The minimum absolute atomic E-state index is 0.223. The standard InChI is InChI=1S/C9H10BrFO2/c1-2-13-9-4-7(10)8(11)3-6(9)5-12/h3-4,12H,2,5H2,1H3. The second-order valence-corrected chi connectivity index (χ2v) is 3.32. The minimum Gasteiger partial charge on any atom is -0.493 e. The van der Waals surface area contributed by atoms with Gasteiger partial charge in [0.2, 0.25) is 0 Å². The average Bonchev–Trinajstić information content (AvgIpc) is 2.11. The zero-order valence-electron chi connectivity index (χ0n) is 7.18. The highest BCUT2D eigenvalue weighted by Gasteiger charge is 2.07. The summed E-state index contributed by atoms with van der Waals surface area (Å²) < 4.78 is 18.5. The molecule has 0 aliphatic heterocycles. The molecule has 0 saturated carbocycles. The van der Waals surface area contributed by atoms with Gasteiger partial charge in [-0.1, -0.05) is 0 Å². The fourth-order valence-corrected chi connectivity index (χ4v) is 1.31. The van der Waals surface area contributed by atoms with Crippen LogP contribution in [0.15, 0.2) is 16.6 Å². The van der Waals surface area contributed by atoms with E-state index in [2.05, 4.69) is 15.9 Å². The lowest BCUT2D eigenvalue weighted by Crippen LogP contribution is -1.98. The van der Waals surface area contributed by atoms with Crippen molar-refractivity contribution in [3.63, 3.8) is 0 Å². The Labute approximate surface area is 84.5 Å². The van der Waals surface area contributed by atoms with Gasteiger partial charge in [0.15, 0.2) is 0 Å². The minimum atomic E-state index is -0.396. The second-order valence-electron chi connectivity index (χ2n) is 2.47. The van der Waals surface area contributed by atoms with Crippen LogP contribution < -0.4 is 4.74 Å². The molecule has 0 aliphatic rings. The number of hydrogen-bond acceptors (Lipinski definition) is 2. The fourth-order valence-electron chi connectivity index (χ4n) is 0.983. The second kappa shape index (κ2) is 4.58. The summed E-state index contributed by atoms with van der Waals surface area (Å²) in [6, 6.07) is 2.78. The van der Waals surface area contributed by atoms with Gasteiger partial charge in [-0.05, 0) is 35.0 Å². The Morgan fingerprint density at radius 1 is 1.54 bits per heavy atom. The summed E-state index contributed by atoms with van der Waals surface area (Å²) in [4.78, 5) is 0. The molecule has 0 heterocycles. The van der Waals surface area contributed by atoms with Crippen molar-refractivity contribution in [2.75, 3.05) is 6.61 Å². The van der Waals surface area contributed by atoms with E-state index in [1.54, 1.807) is 0 Å². The Morgan fingerprint density at radius 3 is 2.77 bits per heavy atom. The van der Waals surface area contributed by atoms with Crippen LogP contribution in [0.5, 0.6) is 5.75 Å². The number of ether oxygens (including phenoxy) is 1. The molecule has 0 amide bonds. The van der Waals surface area contributed by atoms with Crippen molar-refractivity contribution < 1.29 is 14.2 Å². The smallest absolute Gasteiger partial charge is 0.138 e. The van der Waals surface area contributed by atoms with E-state index in [0.29, 0.717) is 22.4 Å². The van der Waals surface area contributed by atoms with Crippen LogP contribution in [0.4, 0.5) is 4.39 Å². The van der Waals surface area contributed by atoms with Crippen molar-refractivity contribution in [1.29, 1.82) is 0 Å². The van der Waals surface area contributed by atoms with Crippen LogP contribution >= 0.6 is 15.9 Å². The van der Waals surface area contributed by atoms with Gasteiger partial charge < -0.3 is 9.84 Å². The maximum Gasteiger partial charge on any atom is 0.138 e. The van der Waals surface area contributed by atoms with Gasteiger partial charge in [0.1, 0.15) is 11.6 Å². The Balaban J connectivity index is 3.09. The molecule has 0 atom stereocenters. The van der Waals surface area contributed by atoms with E-state index in [1.165, 1.54) is 12.1 Å². The fraction of sp³-hybridized carbons (Fsp3) is 0.333. The summed E-state index contributed by atoms with van der Waals surface area (Å²) in [6.07, 6.45) is 0. The van der Waals surface area contributed by atoms with Gasteiger partial charge in [0.25, 0.3) is 0 Å². The van der Waals surface area contributed by atoms with Crippen molar-refractivity contribution >= 4 is 15.9 Å². The maximum absolute atomic E-state index is 13.0. The number of aliphatic hydroxyl groups excluding tert-OH is 1. The SMILES string of the molecule is CCOc1cc(Br)c(F)cc1CO. The van der Waals surface area contributed by atoms with Crippen molar-refractivity contribution in [3.05, 3.63) is 28.0 Å². The molecular weight excluding hydrogens is 239 g/mol. The topological polar surface area (TPSA) is 29.5 Å². The molecular formula is C9H10BrFO2. The quantitative estimate of drug-likeness (QED) is 0.891. The molecule has 1 rings (SSSR count). The van der Waals surface area contributed by atoms with Gasteiger partial charge in [-0.15, -0.1) is 0 Å². The third-order valence-corrected chi connectivity index (χ3v) is 2.18. The lowest BCUT2D eigenvalue weighted by Gasteiger charge is -2.08. The first kappa shape index (κ1) is 10.5. The van der Waals surface area contributed by atoms with Gasteiger partial charge in [-0.3, -0.25) is 0 Å². The molecule has 4 heteroatoms. The van der Waals surface area contributed by atoms with Gasteiger partial charge in [0, 0.05) is 5.56 Å². The van der Waals surface area contributed by atoms with E-state index in [1.807, 2.05) is 6.92 Å². The van der Waals surface area contributed by atoms with Gasteiger partial charge in [-0.2, -0.15) is 0 Å². The average molecular weight is 249 g/mol. The van der Waals surface area contributed by atoms with Crippen LogP contribution in [-0.2, 0) is 6.61 Å². The van der Waals surface area contributed by atoms with Crippen LogP contribution in [0.25, 0.3) is 0 Å². The highest BCUT2D eigenvalue weighted by atomic mass is 79.9. The lowest BCUT2D eigenvalue weighted by atomic mass is 10.2. The molecule has 1 aromatic rings. The molecule has 0 aliphatic carbocycles. The molecule has 1 N–H and O–H groups in total. The van der Waals surface area contributed by atoms with Gasteiger partial charge in [0.05, 0.1) is 17.7 Å². The summed E-state index contributed by atoms with van der Waals surface area (Å²) in [5.74, 6) is 0.116. The Kier molecular flexibility index (Phi) is 3.69. The van der Waals surface area contributed by atoms with Gasteiger partial charge in [-0.25, -0.2) is 4.39 Å². The molecule has 72 valence electrons. The lowest BCUT2D eigenvalue weighted by molar-refractivity contribution is 0.266. The van der Waals surface area contributed by atoms with Crippen LogP contribution in [0, 0.1) is 5.82 Å². The Morgan fingerprint density at radius 2 is 2.23 bits per heavy atom. The summed E-state index contributed by atoms with van der Waals surface area (Å²) >= 11 is 3.04. The zero-order valence-corrected chi connectivity index (χ0v) is 8.77. The first-order valence-corrected chi connectivity index (χ1v) is 4.70. The largest absolute Gasteiger partial charge is 0.493 e. The highest BCUT2D eigenvalue weighted by Crippen LogP contribution is 2.26. The van der Waals surface area contributed by atoms with E-state index in [-0.39, 0.29) is 6.61 Å². The molecule has 0 aromatic heterocycles. The summed E-state index contributed by atoms with van der Waals surface area (Å²) in [7, 11) is 0. The van der Waals surface area contributed by atoms with Crippen molar-refractivity contribution in [3.8, 4) is 5.75 Å². The molecule has 0 bridgehead atoms. The van der Waals surface area contributed by atoms with E-state index < -0.39 is 5.82 Å². The number of aliphatic hydroxyl groups is 1. The summed E-state index contributed by atoms with van der Waals surface area (Å²) in [6.45, 7) is 2.10. The first-order chi connectivity index (χ1) is 6.19. The number of hydrogen-bond donors (Lipinski definition) is 1. The predicted molar refractivity (Wildman–Crippen MR) is 51.2 cm³/mol. The molecule has 0 unspecified atom stereocenters. The molecule has 13 heavy (non-hydrogen) atoms. The van der Waals surface area contributed by atoms with Gasteiger partial charge >= 0.3 is 0 Å². The number of halogens is 2. The van der Waals surface area contributed by atoms with Crippen LogP contribution in [0.1, 0.15) is 12.5 Å². The third-order valence-electron chi connectivity index (χ3n) is 1.57. The normalized spacial score (nSPS) is 10.2. The Hall–Kier alpha value is -0.610.